The second-order valence-corrected chi connectivity index (χ2v) is 7.55. The van der Waals surface area contributed by atoms with Crippen LogP contribution in [0.25, 0.3) is 0 Å². The molecule has 2 saturated heterocycles. The summed E-state index contributed by atoms with van der Waals surface area (Å²) in [5.74, 6) is 2.23. The second kappa shape index (κ2) is 8.69. The first-order chi connectivity index (χ1) is 13.7. The average Bonchev–Trinajstić information content (AvgIpc) is 2.74. The topological polar surface area (TPSA) is 64.5 Å². The van der Waals surface area contributed by atoms with E-state index in [4.69, 9.17) is 9.47 Å². The summed E-state index contributed by atoms with van der Waals surface area (Å²) in [5, 5.41) is 0. The van der Waals surface area contributed by atoms with Crippen LogP contribution in [0.3, 0.4) is 0 Å². The van der Waals surface area contributed by atoms with Crippen LogP contribution in [-0.2, 0) is 9.53 Å². The third-order valence-electron chi connectivity index (χ3n) is 5.47. The molecular weight excluding hydrogens is 354 g/mol. The summed E-state index contributed by atoms with van der Waals surface area (Å²) in [6, 6.07) is 11.4. The van der Waals surface area contributed by atoms with Gasteiger partial charge < -0.3 is 14.4 Å². The zero-order chi connectivity index (χ0) is 19.3. The molecule has 4 rings (SSSR count). The highest BCUT2D eigenvalue weighted by Crippen LogP contribution is 2.33. The summed E-state index contributed by atoms with van der Waals surface area (Å²) < 4.78 is 11.4. The van der Waals surface area contributed by atoms with Gasteiger partial charge in [-0.05, 0) is 51.2 Å². The number of nitrogens with zero attached hydrogens (tertiary/aromatic N) is 3. The molecule has 148 valence electrons. The number of piperidine rings is 1. The lowest BCUT2D eigenvalue weighted by molar-refractivity contribution is -0.142. The number of para-hydroxylation sites is 1. The van der Waals surface area contributed by atoms with Crippen molar-refractivity contribution in [2.24, 2.45) is 5.92 Å². The highest BCUT2D eigenvalue weighted by atomic mass is 16.5. The van der Waals surface area contributed by atoms with E-state index in [1.165, 1.54) is 0 Å². The third-order valence-corrected chi connectivity index (χ3v) is 5.47. The predicted molar refractivity (Wildman–Crippen MR) is 105 cm³/mol. The van der Waals surface area contributed by atoms with E-state index in [1.807, 2.05) is 48.2 Å². The Morgan fingerprint density at radius 3 is 2.68 bits per heavy atom. The van der Waals surface area contributed by atoms with Crippen molar-refractivity contribution in [1.82, 2.24) is 14.9 Å². The Hall–Kier alpha value is -2.47. The minimum atomic E-state index is -0.0814. The average molecular weight is 381 g/mol. The standard InChI is InChI=1S/C22H27N3O3/c1-16-15-20(28-18-7-3-2-4-8-18)24-21(23-16)19-9-5-6-12-25(19)22(26)17-10-13-27-14-11-17/h2-4,7-8,15,17,19H,5-6,9-14H2,1H3/t19-/m0/s1. The minimum absolute atomic E-state index is 0.0548. The number of carbonyl (C=O) groups excluding carboxylic acids is 1. The van der Waals surface area contributed by atoms with Crippen LogP contribution >= 0.6 is 0 Å². The molecule has 0 bridgehead atoms. The summed E-state index contributed by atoms with van der Waals surface area (Å²) in [5.41, 5.74) is 0.847. The highest BCUT2D eigenvalue weighted by Gasteiger charge is 2.34. The van der Waals surface area contributed by atoms with Crippen molar-refractivity contribution >= 4 is 5.91 Å². The first-order valence-corrected chi connectivity index (χ1v) is 10.2. The molecule has 2 aliphatic rings. The van der Waals surface area contributed by atoms with E-state index >= 15 is 0 Å². The Bertz CT molecular complexity index is 806. The van der Waals surface area contributed by atoms with Crippen LogP contribution in [0.15, 0.2) is 36.4 Å². The lowest BCUT2D eigenvalue weighted by Gasteiger charge is -2.37. The molecule has 3 heterocycles. The second-order valence-electron chi connectivity index (χ2n) is 7.55. The molecular formula is C22H27N3O3. The van der Waals surface area contributed by atoms with Crippen LogP contribution in [0.2, 0.25) is 0 Å². The van der Waals surface area contributed by atoms with Gasteiger partial charge in [0.15, 0.2) is 5.82 Å². The maximum absolute atomic E-state index is 13.2. The Labute approximate surface area is 165 Å². The van der Waals surface area contributed by atoms with E-state index in [0.29, 0.717) is 24.9 Å². The third kappa shape index (κ3) is 4.33. The van der Waals surface area contributed by atoms with E-state index in [1.54, 1.807) is 0 Å². The van der Waals surface area contributed by atoms with E-state index in [2.05, 4.69) is 9.97 Å². The first kappa shape index (κ1) is 18.9. The SMILES string of the molecule is Cc1cc(Oc2ccccc2)nc([C@@H]2CCCCN2C(=O)C2CCOCC2)n1. The zero-order valence-corrected chi connectivity index (χ0v) is 16.3. The van der Waals surface area contributed by atoms with E-state index < -0.39 is 0 Å². The van der Waals surface area contributed by atoms with Crippen molar-refractivity contribution in [2.45, 2.75) is 45.1 Å². The lowest BCUT2D eigenvalue weighted by atomic mass is 9.94. The fraction of sp³-hybridized carbons (Fsp3) is 0.500. The number of aromatic nitrogens is 2. The van der Waals surface area contributed by atoms with Gasteiger partial charge in [0.05, 0.1) is 6.04 Å². The Kier molecular flexibility index (Phi) is 5.86. The fourth-order valence-electron chi connectivity index (χ4n) is 4.02. The summed E-state index contributed by atoms with van der Waals surface area (Å²) in [6.45, 7) is 4.05. The molecule has 1 aromatic heterocycles. The Balaban J connectivity index is 1.57. The zero-order valence-electron chi connectivity index (χ0n) is 16.3. The molecule has 2 aliphatic heterocycles. The number of rotatable bonds is 4. The maximum Gasteiger partial charge on any atom is 0.226 e. The number of ether oxygens (including phenoxy) is 2. The number of hydrogen-bond donors (Lipinski definition) is 0. The van der Waals surface area contributed by atoms with Crippen molar-refractivity contribution in [3.05, 3.63) is 47.9 Å². The molecule has 6 nitrogen and oxygen atoms in total. The highest BCUT2D eigenvalue weighted by molar-refractivity contribution is 5.79. The number of carbonyl (C=O) groups is 1. The van der Waals surface area contributed by atoms with E-state index in [0.717, 1.165) is 50.1 Å². The number of aryl methyl sites for hydroxylation is 1. The molecule has 0 unspecified atom stereocenters. The molecule has 2 fully saturated rings. The molecule has 6 heteroatoms. The Morgan fingerprint density at radius 1 is 1.11 bits per heavy atom. The summed E-state index contributed by atoms with van der Waals surface area (Å²) in [4.78, 5) is 24.5. The van der Waals surface area contributed by atoms with Gasteiger partial charge in [-0.25, -0.2) is 4.98 Å². The molecule has 1 atom stereocenters. The van der Waals surface area contributed by atoms with Crippen LogP contribution in [0.5, 0.6) is 11.6 Å². The van der Waals surface area contributed by atoms with Gasteiger partial charge in [-0.15, -0.1) is 0 Å². The van der Waals surface area contributed by atoms with Gasteiger partial charge in [-0.1, -0.05) is 18.2 Å². The monoisotopic (exact) mass is 381 g/mol. The molecule has 28 heavy (non-hydrogen) atoms. The first-order valence-electron chi connectivity index (χ1n) is 10.2. The van der Waals surface area contributed by atoms with Gasteiger partial charge in [0, 0.05) is 37.4 Å². The van der Waals surface area contributed by atoms with Crippen molar-refractivity contribution in [3.8, 4) is 11.6 Å². The van der Waals surface area contributed by atoms with Gasteiger partial charge >= 0.3 is 0 Å². The summed E-state index contributed by atoms with van der Waals surface area (Å²) >= 11 is 0. The smallest absolute Gasteiger partial charge is 0.226 e. The van der Waals surface area contributed by atoms with Gasteiger partial charge in [-0.2, -0.15) is 4.98 Å². The fourth-order valence-corrected chi connectivity index (χ4v) is 4.02. The molecule has 0 spiro atoms. The van der Waals surface area contributed by atoms with Crippen LogP contribution in [0.4, 0.5) is 0 Å². The number of benzene rings is 1. The molecule has 1 amide bonds. The number of hydrogen-bond acceptors (Lipinski definition) is 5. The van der Waals surface area contributed by atoms with Crippen molar-refractivity contribution in [1.29, 1.82) is 0 Å². The predicted octanol–water partition coefficient (Wildman–Crippen LogP) is 4.06. The number of likely N-dealkylation sites (tertiary alicyclic amines) is 1. The molecule has 0 radical (unpaired) electrons. The molecule has 1 aromatic carbocycles. The normalized spacial score (nSPS) is 20.8. The van der Waals surface area contributed by atoms with Gasteiger partial charge in [-0.3, -0.25) is 4.79 Å². The summed E-state index contributed by atoms with van der Waals surface area (Å²) in [7, 11) is 0. The van der Waals surface area contributed by atoms with Crippen LogP contribution in [0, 0.1) is 12.8 Å². The molecule has 2 aromatic rings. The van der Waals surface area contributed by atoms with Crippen molar-refractivity contribution in [3.63, 3.8) is 0 Å². The lowest BCUT2D eigenvalue weighted by Crippen LogP contribution is -2.43. The minimum Gasteiger partial charge on any atom is -0.439 e. The van der Waals surface area contributed by atoms with E-state index in [-0.39, 0.29) is 17.9 Å². The molecule has 0 aliphatic carbocycles. The van der Waals surface area contributed by atoms with E-state index in [9.17, 15) is 4.79 Å². The summed E-state index contributed by atoms with van der Waals surface area (Å²) in [6.07, 6.45) is 4.61. The largest absolute Gasteiger partial charge is 0.439 e. The maximum atomic E-state index is 13.2. The van der Waals surface area contributed by atoms with Gasteiger partial charge in [0.25, 0.3) is 0 Å². The quantitative estimate of drug-likeness (QED) is 0.799. The number of amides is 1. The van der Waals surface area contributed by atoms with Crippen LogP contribution in [0.1, 0.15) is 49.7 Å². The van der Waals surface area contributed by atoms with Gasteiger partial charge in [0.1, 0.15) is 5.75 Å². The van der Waals surface area contributed by atoms with Crippen LogP contribution < -0.4 is 4.74 Å². The Morgan fingerprint density at radius 2 is 1.89 bits per heavy atom. The molecule has 0 N–H and O–H groups in total. The van der Waals surface area contributed by atoms with Gasteiger partial charge in [0.2, 0.25) is 11.8 Å². The van der Waals surface area contributed by atoms with Crippen molar-refractivity contribution in [2.75, 3.05) is 19.8 Å². The van der Waals surface area contributed by atoms with Crippen molar-refractivity contribution < 1.29 is 14.3 Å². The molecule has 0 saturated carbocycles. The van der Waals surface area contributed by atoms with Crippen LogP contribution in [-0.4, -0.2) is 40.5 Å².